The largest absolute Gasteiger partial charge is 0.493 e. The normalized spacial score (nSPS) is 11.1. The Kier molecular flexibility index (Phi) is 8.85. The fourth-order valence-electron chi connectivity index (χ4n) is 3.58. The summed E-state index contributed by atoms with van der Waals surface area (Å²) in [6, 6.07) is 21.4. The molecule has 0 radical (unpaired) electrons. The standard InChI is InChI=1S/C28H31N7O2/c1-4-37-24-11-10-21(18-25(24)36-3)12-17-30-26-19-27(35-34-20(2)22-13-15-29-16-14-22)33-28(32-26)31-23-8-6-5-7-9-23/h5-11,13-16,18-19H,4,12,17H2,1-3H3,(H3,30,31,32,33,35). The van der Waals surface area contributed by atoms with Crippen molar-refractivity contribution in [3.63, 3.8) is 0 Å². The minimum absolute atomic E-state index is 0.457. The number of rotatable bonds is 12. The zero-order valence-corrected chi connectivity index (χ0v) is 21.2. The van der Waals surface area contributed by atoms with Crippen LogP contribution in [-0.4, -0.2) is 40.9 Å². The molecule has 190 valence electrons. The summed E-state index contributed by atoms with van der Waals surface area (Å²) in [5.74, 6) is 3.16. The minimum Gasteiger partial charge on any atom is -0.493 e. The van der Waals surface area contributed by atoms with Gasteiger partial charge < -0.3 is 20.1 Å². The first-order chi connectivity index (χ1) is 18.1. The lowest BCUT2D eigenvalue weighted by atomic mass is 10.1. The molecule has 3 N–H and O–H groups in total. The van der Waals surface area contributed by atoms with Crippen LogP contribution >= 0.6 is 0 Å². The van der Waals surface area contributed by atoms with Gasteiger partial charge in [-0.25, -0.2) is 0 Å². The summed E-state index contributed by atoms with van der Waals surface area (Å²) in [5.41, 5.74) is 6.87. The van der Waals surface area contributed by atoms with Crippen LogP contribution in [0.3, 0.4) is 0 Å². The number of aromatic nitrogens is 3. The number of pyridine rings is 1. The van der Waals surface area contributed by atoms with Crippen molar-refractivity contribution in [1.29, 1.82) is 0 Å². The van der Waals surface area contributed by atoms with E-state index in [1.54, 1.807) is 19.5 Å². The van der Waals surface area contributed by atoms with Gasteiger partial charge in [-0.2, -0.15) is 15.1 Å². The highest BCUT2D eigenvalue weighted by molar-refractivity contribution is 5.98. The van der Waals surface area contributed by atoms with Crippen LogP contribution < -0.4 is 25.5 Å². The molecule has 0 saturated carbocycles. The Morgan fingerprint density at radius 1 is 0.919 bits per heavy atom. The number of methoxy groups -OCH3 is 1. The summed E-state index contributed by atoms with van der Waals surface area (Å²) in [6.45, 7) is 5.14. The number of benzene rings is 2. The van der Waals surface area contributed by atoms with Gasteiger partial charge in [0.25, 0.3) is 0 Å². The number of para-hydroxylation sites is 1. The van der Waals surface area contributed by atoms with Gasteiger partial charge in [-0.1, -0.05) is 24.3 Å². The highest BCUT2D eigenvalue weighted by atomic mass is 16.5. The molecule has 0 unspecified atom stereocenters. The van der Waals surface area contributed by atoms with Crippen LogP contribution in [0.1, 0.15) is 25.0 Å². The lowest BCUT2D eigenvalue weighted by Gasteiger charge is -2.13. The molecule has 4 rings (SSSR count). The van der Waals surface area contributed by atoms with E-state index in [0.717, 1.165) is 40.4 Å². The Balaban J connectivity index is 1.49. The van der Waals surface area contributed by atoms with E-state index in [9.17, 15) is 0 Å². The van der Waals surface area contributed by atoms with Crippen LogP contribution in [0.2, 0.25) is 0 Å². The maximum atomic E-state index is 5.61. The summed E-state index contributed by atoms with van der Waals surface area (Å²) < 4.78 is 11.1. The molecule has 0 aliphatic carbocycles. The van der Waals surface area contributed by atoms with E-state index >= 15 is 0 Å². The third kappa shape index (κ3) is 7.41. The molecule has 0 spiro atoms. The molecule has 2 heterocycles. The second kappa shape index (κ2) is 12.9. The average molecular weight is 498 g/mol. The Morgan fingerprint density at radius 3 is 2.46 bits per heavy atom. The summed E-state index contributed by atoms with van der Waals surface area (Å²) in [5, 5.41) is 11.1. The van der Waals surface area contributed by atoms with Gasteiger partial charge in [0, 0.05) is 36.3 Å². The number of hydrogen-bond acceptors (Lipinski definition) is 9. The third-order valence-electron chi connectivity index (χ3n) is 5.44. The maximum absolute atomic E-state index is 5.61. The van der Waals surface area contributed by atoms with E-state index in [4.69, 9.17) is 9.47 Å². The monoisotopic (exact) mass is 497 g/mol. The van der Waals surface area contributed by atoms with Crippen molar-refractivity contribution >= 4 is 29.0 Å². The van der Waals surface area contributed by atoms with Crippen LogP contribution in [0.4, 0.5) is 23.3 Å². The Labute approximate surface area is 217 Å². The number of nitrogens with zero attached hydrogens (tertiary/aromatic N) is 4. The van der Waals surface area contributed by atoms with Gasteiger partial charge in [0.1, 0.15) is 5.82 Å². The van der Waals surface area contributed by atoms with Crippen molar-refractivity contribution in [1.82, 2.24) is 15.0 Å². The molecule has 9 heteroatoms. The maximum Gasteiger partial charge on any atom is 0.231 e. The zero-order valence-electron chi connectivity index (χ0n) is 21.2. The predicted molar refractivity (Wildman–Crippen MR) is 148 cm³/mol. The van der Waals surface area contributed by atoms with E-state index in [1.807, 2.05) is 80.6 Å². The number of ether oxygens (including phenoxy) is 2. The van der Waals surface area contributed by atoms with Crippen LogP contribution in [0, 0.1) is 0 Å². The van der Waals surface area contributed by atoms with E-state index < -0.39 is 0 Å². The highest BCUT2D eigenvalue weighted by Crippen LogP contribution is 2.28. The van der Waals surface area contributed by atoms with Crippen LogP contribution in [-0.2, 0) is 6.42 Å². The van der Waals surface area contributed by atoms with Crippen molar-refractivity contribution in [2.45, 2.75) is 20.3 Å². The Morgan fingerprint density at radius 2 is 1.70 bits per heavy atom. The smallest absolute Gasteiger partial charge is 0.231 e. The van der Waals surface area contributed by atoms with Crippen molar-refractivity contribution in [2.24, 2.45) is 5.10 Å². The molecule has 0 aliphatic rings. The molecule has 0 saturated heterocycles. The summed E-state index contributed by atoms with van der Waals surface area (Å²) >= 11 is 0. The highest BCUT2D eigenvalue weighted by Gasteiger charge is 2.08. The molecule has 9 nitrogen and oxygen atoms in total. The van der Waals surface area contributed by atoms with Crippen molar-refractivity contribution in [3.05, 3.63) is 90.3 Å². The van der Waals surface area contributed by atoms with Gasteiger partial charge in [0.2, 0.25) is 5.95 Å². The first-order valence-corrected chi connectivity index (χ1v) is 12.1. The minimum atomic E-state index is 0.457. The fraction of sp³-hybridized carbons (Fsp3) is 0.214. The molecule has 0 bridgehead atoms. The van der Waals surface area contributed by atoms with Crippen LogP contribution in [0.5, 0.6) is 11.5 Å². The van der Waals surface area contributed by atoms with E-state index in [2.05, 4.69) is 36.1 Å². The molecule has 0 amide bonds. The number of hydrazone groups is 1. The van der Waals surface area contributed by atoms with Crippen LogP contribution in [0.25, 0.3) is 0 Å². The number of hydrogen-bond donors (Lipinski definition) is 3. The molecule has 0 aliphatic heterocycles. The molecule has 37 heavy (non-hydrogen) atoms. The van der Waals surface area contributed by atoms with E-state index in [1.165, 1.54) is 0 Å². The molecule has 4 aromatic rings. The summed E-state index contributed by atoms with van der Waals surface area (Å²) in [7, 11) is 1.65. The van der Waals surface area contributed by atoms with Gasteiger partial charge in [-0.3, -0.25) is 10.4 Å². The molecular weight excluding hydrogens is 466 g/mol. The molecule has 2 aromatic heterocycles. The van der Waals surface area contributed by atoms with E-state index in [0.29, 0.717) is 30.7 Å². The zero-order chi connectivity index (χ0) is 25.9. The average Bonchev–Trinajstić information content (AvgIpc) is 2.93. The van der Waals surface area contributed by atoms with Gasteiger partial charge in [0.15, 0.2) is 17.3 Å². The Hall–Kier alpha value is -4.66. The topological polar surface area (TPSA) is 106 Å². The van der Waals surface area contributed by atoms with Gasteiger partial charge in [-0.05, 0) is 62.2 Å². The first-order valence-electron chi connectivity index (χ1n) is 12.1. The molecule has 0 atom stereocenters. The van der Waals surface area contributed by atoms with Crippen molar-refractivity contribution < 1.29 is 9.47 Å². The second-order valence-electron chi connectivity index (χ2n) is 8.09. The third-order valence-corrected chi connectivity index (χ3v) is 5.44. The number of nitrogens with one attached hydrogen (secondary N) is 3. The molecule has 2 aromatic carbocycles. The van der Waals surface area contributed by atoms with Crippen molar-refractivity contribution in [3.8, 4) is 11.5 Å². The molecule has 0 fully saturated rings. The van der Waals surface area contributed by atoms with Gasteiger partial charge in [0.05, 0.1) is 19.4 Å². The van der Waals surface area contributed by atoms with Crippen molar-refractivity contribution in [2.75, 3.05) is 36.3 Å². The summed E-state index contributed by atoms with van der Waals surface area (Å²) in [4.78, 5) is 13.3. The molecular formula is C28H31N7O2. The lowest BCUT2D eigenvalue weighted by molar-refractivity contribution is 0.310. The Bertz CT molecular complexity index is 1310. The fourth-order valence-corrected chi connectivity index (χ4v) is 3.58. The van der Waals surface area contributed by atoms with Crippen LogP contribution in [0.15, 0.2) is 84.2 Å². The number of anilines is 4. The SMILES string of the molecule is CCOc1ccc(CCNc2cc(NN=C(C)c3ccncc3)nc(Nc3ccccc3)n2)cc1OC. The second-order valence-corrected chi connectivity index (χ2v) is 8.09. The summed E-state index contributed by atoms with van der Waals surface area (Å²) in [6.07, 6.45) is 4.25. The van der Waals surface area contributed by atoms with Gasteiger partial charge >= 0.3 is 0 Å². The first kappa shape index (κ1) is 25.4. The quantitative estimate of drug-likeness (QED) is 0.174. The lowest BCUT2D eigenvalue weighted by Crippen LogP contribution is -2.10. The van der Waals surface area contributed by atoms with Gasteiger partial charge in [-0.15, -0.1) is 0 Å². The predicted octanol–water partition coefficient (Wildman–Crippen LogP) is 5.51. The van der Waals surface area contributed by atoms with E-state index in [-0.39, 0.29) is 0 Å².